The number of nitrogens with zero attached hydrogens (tertiary/aromatic N) is 1. The minimum Gasteiger partial charge on any atom is -0.223 e. The SMILES string of the molecule is CS(=O)(=O)/C(C#N)=C/c1ccsc1Sc1ccc(Cl)cc1. The second kappa shape index (κ2) is 6.67. The van der Waals surface area contributed by atoms with E-state index in [1.807, 2.05) is 17.5 Å². The van der Waals surface area contributed by atoms with Crippen LogP contribution in [0.3, 0.4) is 0 Å². The maximum Gasteiger partial charge on any atom is 0.185 e. The van der Waals surface area contributed by atoms with Gasteiger partial charge in [-0.25, -0.2) is 8.42 Å². The van der Waals surface area contributed by atoms with E-state index >= 15 is 0 Å². The molecule has 2 aromatic rings. The van der Waals surface area contributed by atoms with Crippen molar-refractivity contribution in [1.82, 2.24) is 0 Å². The lowest BCUT2D eigenvalue weighted by Gasteiger charge is -2.01. The highest BCUT2D eigenvalue weighted by molar-refractivity contribution is 8.01. The Bertz CT molecular complexity index is 815. The molecule has 0 atom stereocenters. The van der Waals surface area contributed by atoms with Gasteiger partial charge < -0.3 is 0 Å². The third-order valence-corrected chi connectivity index (χ3v) is 5.93. The van der Waals surface area contributed by atoms with Crippen molar-refractivity contribution in [2.75, 3.05) is 6.26 Å². The van der Waals surface area contributed by atoms with Gasteiger partial charge in [0.15, 0.2) is 9.84 Å². The molecule has 0 radical (unpaired) electrons. The van der Waals surface area contributed by atoms with E-state index in [0.717, 1.165) is 20.9 Å². The van der Waals surface area contributed by atoms with Gasteiger partial charge in [-0.1, -0.05) is 23.4 Å². The average molecular weight is 356 g/mol. The third-order valence-electron chi connectivity index (χ3n) is 2.48. The Hall–Kier alpha value is -1.26. The second-order valence-electron chi connectivity index (χ2n) is 4.11. The molecule has 3 nitrogen and oxygen atoms in total. The van der Waals surface area contributed by atoms with Gasteiger partial charge in [0.25, 0.3) is 0 Å². The smallest absolute Gasteiger partial charge is 0.185 e. The van der Waals surface area contributed by atoms with E-state index in [2.05, 4.69) is 0 Å². The van der Waals surface area contributed by atoms with Crippen LogP contribution in [0.4, 0.5) is 0 Å². The Labute approximate surface area is 136 Å². The molecule has 0 N–H and O–H groups in total. The summed E-state index contributed by atoms with van der Waals surface area (Å²) in [4.78, 5) is 0.758. The van der Waals surface area contributed by atoms with E-state index in [0.29, 0.717) is 5.02 Å². The Balaban J connectivity index is 2.33. The molecule has 0 aliphatic heterocycles. The standard InChI is InChI=1S/C14H10ClNO2S3/c1-21(17,18)13(9-16)8-10-6-7-19-14(10)20-12-4-2-11(15)3-5-12/h2-8H,1H3/b13-8+. The summed E-state index contributed by atoms with van der Waals surface area (Å²) < 4.78 is 23.9. The van der Waals surface area contributed by atoms with E-state index in [1.165, 1.54) is 29.2 Å². The first-order chi connectivity index (χ1) is 9.90. The van der Waals surface area contributed by atoms with Crippen LogP contribution in [0, 0.1) is 11.3 Å². The van der Waals surface area contributed by atoms with Crippen LogP contribution in [0.15, 0.2) is 49.7 Å². The molecule has 7 heteroatoms. The summed E-state index contributed by atoms with van der Waals surface area (Å²) in [6.45, 7) is 0. The van der Waals surface area contributed by atoms with Crippen molar-refractivity contribution >= 4 is 50.6 Å². The largest absolute Gasteiger partial charge is 0.223 e. The summed E-state index contributed by atoms with van der Waals surface area (Å²) in [5.41, 5.74) is 0.724. The van der Waals surface area contributed by atoms with Gasteiger partial charge in [-0.15, -0.1) is 11.3 Å². The number of hydrogen-bond donors (Lipinski definition) is 0. The summed E-state index contributed by atoms with van der Waals surface area (Å²) >= 11 is 8.84. The molecular formula is C14H10ClNO2S3. The van der Waals surface area contributed by atoms with Crippen molar-refractivity contribution in [2.24, 2.45) is 0 Å². The van der Waals surface area contributed by atoms with E-state index in [9.17, 15) is 8.42 Å². The number of allylic oxidation sites excluding steroid dienone is 1. The average Bonchev–Trinajstić information content (AvgIpc) is 2.84. The fourth-order valence-corrected chi connectivity index (χ4v) is 4.08. The van der Waals surface area contributed by atoms with Crippen LogP contribution in [0.2, 0.25) is 5.02 Å². The van der Waals surface area contributed by atoms with Crippen LogP contribution in [-0.4, -0.2) is 14.7 Å². The van der Waals surface area contributed by atoms with Crippen LogP contribution in [0.1, 0.15) is 5.56 Å². The quantitative estimate of drug-likeness (QED) is 0.759. The molecule has 21 heavy (non-hydrogen) atoms. The lowest BCUT2D eigenvalue weighted by atomic mass is 10.3. The molecule has 0 saturated heterocycles. The molecule has 0 bridgehead atoms. The predicted octanol–water partition coefficient (Wildman–Crippen LogP) is 4.46. The van der Waals surface area contributed by atoms with Crippen molar-refractivity contribution in [3.63, 3.8) is 0 Å². The van der Waals surface area contributed by atoms with Gasteiger partial charge in [-0.2, -0.15) is 5.26 Å². The zero-order valence-corrected chi connectivity index (χ0v) is 14.1. The first-order valence-electron chi connectivity index (χ1n) is 5.73. The van der Waals surface area contributed by atoms with E-state index in [-0.39, 0.29) is 4.91 Å². The molecule has 0 spiro atoms. The van der Waals surface area contributed by atoms with Gasteiger partial charge in [0.05, 0.1) is 4.21 Å². The highest BCUT2D eigenvalue weighted by Crippen LogP contribution is 2.36. The van der Waals surface area contributed by atoms with Crippen LogP contribution in [-0.2, 0) is 9.84 Å². The fourth-order valence-electron chi connectivity index (χ4n) is 1.47. The van der Waals surface area contributed by atoms with Gasteiger partial charge in [-0.05, 0) is 41.8 Å². The van der Waals surface area contributed by atoms with Crippen LogP contribution in [0.25, 0.3) is 6.08 Å². The van der Waals surface area contributed by atoms with Gasteiger partial charge >= 0.3 is 0 Å². The van der Waals surface area contributed by atoms with Crippen molar-refractivity contribution in [3.8, 4) is 6.07 Å². The van der Waals surface area contributed by atoms with Crippen molar-refractivity contribution in [3.05, 3.63) is 51.2 Å². The van der Waals surface area contributed by atoms with Gasteiger partial charge in [0, 0.05) is 21.7 Å². The van der Waals surface area contributed by atoms with Gasteiger partial charge in [0.1, 0.15) is 11.0 Å². The summed E-state index contributed by atoms with van der Waals surface area (Å²) in [5, 5.41) is 11.5. The van der Waals surface area contributed by atoms with Crippen molar-refractivity contribution < 1.29 is 8.42 Å². The van der Waals surface area contributed by atoms with Crippen LogP contribution in [0.5, 0.6) is 0 Å². The molecule has 1 heterocycles. The van der Waals surface area contributed by atoms with E-state index < -0.39 is 9.84 Å². The molecule has 0 unspecified atom stereocenters. The maximum absolute atomic E-state index is 11.5. The molecule has 0 aliphatic rings. The minimum absolute atomic E-state index is 0.237. The first kappa shape index (κ1) is 16.1. The molecule has 1 aromatic carbocycles. The molecule has 0 saturated carbocycles. The molecule has 108 valence electrons. The van der Waals surface area contributed by atoms with Gasteiger partial charge in [0.2, 0.25) is 0 Å². The Morgan fingerprint density at radius 1 is 1.33 bits per heavy atom. The zero-order valence-electron chi connectivity index (χ0n) is 10.9. The van der Waals surface area contributed by atoms with E-state index in [1.54, 1.807) is 24.3 Å². The Kier molecular flexibility index (Phi) is 5.12. The van der Waals surface area contributed by atoms with Crippen molar-refractivity contribution in [2.45, 2.75) is 9.10 Å². The molecule has 2 rings (SSSR count). The molecular weight excluding hydrogens is 346 g/mol. The lowest BCUT2D eigenvalue weighted by Crippen LogP contribution is -1.98. The number of sulfone groups is 1. The molecule has 0 aliphatic carbocycles. The number of benzene rings is 1. The highest BCUT2D eigenvalue weighted by atomic mass is 35.5. The highest BCUT2D eigenvalue weighted by Gasteiger charge is 2.13. The maximum atomic E-state index is 11.5. The minimum atomic E-state index is -3.51. The second-order valence-corrected chi connectivity index (χ2v) is 8.79. The molecule has 0 fully saturated rings. The first-order valence-corrected chi connectivity index (χ1v) is 9.69. The predicted molar refractivity (Wildman–Crippen MR) is 88.3 cm³/mol. The number of halogens is 1. The molecule has 1 aromatic heterocycles. The normalized spacial score (nSPS) is 12.1. The van der Waals surface area contributed by atoms with Crippen molar-refractivity contribution in [1.29, 1.82) is 5.26 Å². The van der Waals surface area contributed by atoms with Crippen LogP contribution < -0.4 is 0 Å². The summed E-state index contributed by atoms with van der Waals surface area (Å²) in [6, 6.07) is 10.9. The zero-order chi connectivity index (χ0) is 15.5. The van der Waals surface area contributed by atoms with Crippen LogP contribution >= 0.6 is 34.7 Å². The number of nitriles is 1. The fraction of sp³-hybridized carbons (Fsp3) is 0.0714. The van der Waals surface area contributed by atoms with Gasteiger partial charge in [-0.3, -0.25) is 0 Å². The number of thiophene rings is 1. The third kappa shape index (κ3) is 4.35. The summed E-state index contributed by atoms with van der Waals surface area (Å²) in [6.07, 6.45) is 2.44. The van der Waals surface area contributed by atoms with E-state index in [4.69, 9.17) is 16.9 Å². The monoisotopic (exact) mass is 355 g/mol. The summed E-state index contributed by atoms with van der Waals surface area (Å²) in [5.74, 6) is 0. The lowest BCUT2D eigenvalue weighted by molar-refractivity contribution is 0.609. The summed E-state index contributed by atoms with van der Waals surface area (Å²) in [7, 11) is -3.51. The number of rotatable bonds is 4. The Morgan fingerprint density at radius 3 is 2.57 bits per heavy atom. The molecule has 0 amide bonds. The number of hydrogen-bond acceptors (Lipinski definition) is 5. The Morgan fingerprint density at radius 2 is 2.00 bits per heavy atom. The topological polar surface area (TPSA) is 57.9 Å².